The van der Waals surface area contributed by atoms with Crippen molar-refractivity contribution < 1.29 is 32.5 Å². The summed E-state index contributed by atoms with van der Waals surface area (Å²) in [6.45, 7) is 2.18. The van der Waals surface area contributed by atoms with Crippen LogP contribution in [0.1, 0.15) is 25.0 Å². The van der Waals surface area contributed by atoms with Gasteiger partial charge in [0.25, 0.3) is 0 Å². The Morgan fingerprint density at radius 2 is 1.74 bits per heavy atom. The standard InChI is InChI=1S/C21H28N2O7S/c1-4-30-15-5-8-17(9-6-15)31(26,27)23-12-11-21(25)22-14-19(24)18-13-16(28-2)7-10-20(18)29-3/h5-10,13,19,23-24H,4,11-12,14H2,1-3H3,(H,22,25). The van der Waals surface area contributed by atoms with Gasteiger partial charge in [0, 0.05) is 25.1 Å². The number of rotatable bonds is 12. The molecule has 1 amide bonds. The molecule has 2 aromatic carbocycles. The Kier molecular flexibility index (Phi) is 9.10. The highest BCUT2D eigenvalue weighted by Crippen LogP contribution is 2.29. The lowest BCUT2D eigenvalue weighted by molar-refractivity contribution is -0.121. The van der Waals surface area contributed by atoms with Crippen LogP contribution in [0.25, 0.3) is 0 Å². The van der Waals surface area contributed by atoms with Crippen molar-refractivity contribution in [2.24, 2.45) is 0 Å². The van der Waals surface area contributed by atoms with Gasteiger partial charge in [-0.25, -0.2) is 13.1 Å². The van der Waals surface area contributed by atoms with Crippen LogP contribution in [-0.2, 0) is 14.8 Å². The molecule has 1 unspecified atom stereocenters. The van der Waals surface area contributed by atoms with Gasteiger partial charge in [0.2, 0.25) is 15.9 Å². The van der Waals surface area contributed by atoms with Crippen molar-refractivity contribution in [3.05, 3.63) is 48.0 Å². The van der Waals surface area contributed by atoms with Crippen molar-refractivity contribution >= 4 is 15.9 Å². The summed E-state index contributed by atoms with van der Waals surface area (Å²) in [7, 11) is -0.757. The van der Waals surface area contributed by atoms with E-state index in [0.29, 0.717) is 29.4 Å². The van der Waals surface area contributed by atoms with Gasteiger partial charge in [-0.05, 0) is 49.4 Å². The Bertz CT molecular complexity index is 962. The highest BCUT2D eigenvalue weighted by atomic mass is 32.2. The first-order chi connectivity index (χ1) is 14.8. The van der Waals surface area contributed by atoms with Crippen molar-refractivity contribution in [1.82, 2.24) is 10.0 Å². The highest BCUT2D eigenvalue weighted by molar-refractivity contribution is 7.89. The van der Waals surface area contributed by atoms with Crippen molar-refractivity contribution in [2.45, 2.75) is 24.3 Å². The Balaban J connectivity index is 1.84. The van der Waals surface area contributed by atoms with Crippen LogP contribution >= 0.6 is 0 Å². The first kappa shape index (κ1) is 24.4. The van der Waals surface area contributed by atoms with Crippen LogP contribution in [0.3, 0.4) is 0 Å². The SMILES string of the molecule is CCOc1ccc(S(=O)(=O)NCCC(=O)NCC(O)c2cc(OC)ccc2OC)cc1. The number of methoxy groups -OCH3 is 2. The van der Waals surface area contributed by atoms with Gasteiger partial charge >= 0.3 is 0 Å². The predicted octanol–water partition coefficient (Wildman–Crippen LogP) is 1.62. The summed E-state index contributed by atoms with van der Waals surface area (Å²) in [4.78, 5) is 12.1. The van der Waals surface area contributed by atoms with Crippen molar-refractivity contribution in [3.63, 3.8) is 0 Å². The molecular formula is C21H28N2O7S. The fourth-order valence-electron chi connectivity index (χ4n) is 2.77. The molecule has 170 valence electrons. The summed E-state index contributed by atoms with van der Waals surface area (Å²) in [5, 5.41) is 13.0. The summed E-state index contributed by atoms with van der Waals surface area (Å²) in [6, 6.07) is 11.0. The topological polar surface area (TPSA) is 123 Å². The number of hydrogen-bond acceptors (Lipinski definition) is 7. The van der Waals surface area contributed by atoms with Gasteiger partial charge in [0.15, 0.2) is 0 Å². The minimum atomic E-state index is -3.74. The van der Waals surface area contributed by atoms with Crippen LogP contribution in [0.5, 0.6) is 17.2 Å². The molecule has 10 heteroatoms. The van der Waals surface area contributed by atoms with Gasteiger partial charge in [0.1, 0.15) is 17.2 Å². The maximum atomic E-state index is 12.3. The van der Waals surface area contributed by atoms with E-state index in [9.17, 15) is 18.3 Å². The number of hydrogen-bond donors (Lipinski definition) is 3. The first-order valence-corrected chi connectivity index (χ1v) is 11.2. The van der Waals surface area contributed by atoms with Crippen LogP contribution in [-0.4, -0.2) is 53.3 Å². The second-order valence-corrected chi connectivity index (χ2v) is 8.25. The minimum absolute atomic E-state index is 0.0615. The molecule has 0 radical (unpaired) electrons. The molecule has 0 aromatic heterocycles. The zero-order chi connectivity index (χ0) is 22.9. The van der Waals surface area contributed by atoms with E-state index in [-0.39, 0.29) is 24.4 Å². The monoisotopic (exact) mass is 452 g/mol. The van der Waals surface area contributed by atoms with E-state index in [1.807, 2.05) is 6.92 Å². The van der Waals surface area contributed by atoms with Crippen LogP contribution in [0.15, 0.2) is 47.4 Å². The van der Waals surface area contributed by atoms with E-state index in [1.165, 1.54) is 26.4 Å². The third-order valence-electron chi connectivity index (χ3n) is 4.38. The highest BCUT2D eigenvalue weighted by Gasteiger charge is 2.17. The molecule has 0 saturated carbocycles. The van der Waals surface area contributed by atoms with E-state index < -0.39 is 22.0 Å². The number of carbonyl (C=O) groups excluding carboxylic acids is 1. The van der Waals surface area contributed by atoms with E-state index >= 15 is 0 Å². The smallest absolute Gasteiger partial charge is 0.240 e. The van der Waals surface area contributed by atoms with E-state index in [2.05, 4.69) is 10.0 Å². The lowest BCUT2D eigenvalue weighted by Gasteiger charge is -2.16. The number of nitrogens with one attached hydrogen (secondary N) is 2. The second-order valence-electron chi connectivity index (χ2n) is 6.48. The summed E-state index contributed by atoms with van der Waals surface area (Å²) >= 11 is 0. The summed E-state index contributed by atoms with van der Waals surface area (Å²) in [6.07, 6.45) is -1.10. The number of carbonyl (C=O) groups is 1. The van der Waals surface area contributed by atoms with Crippen LogP contribution < -0.4 is 24.2 Å². The molecule has 0 fully saturated rings. The molecule has 31 heavy (non-hydrogen) atoms. The largest absolute Gasteiger partial charge is 0.497 e. The Hall–Kier alpha value is -2.82. The average molecular weight is 453 g/mol. The van der Waals surface area contributed by atoms with Crippen LogP contribution in [0, 0.1) is 0 Å². The number of sulfonamides is 1. The molecule has 3 N–H and O–H groups in total. The maximum Gasteiger partial charge on any atom is 0.240 e. The predicted molar refractivity (Wildman–Crippen MR) is 115 cm³/mol. The number of amides is 1. The molecule has 2 aromatic rings. The molecule has 9 nitrogen and oxygen atoms in total. The Morgan fingerprint density at radius 1 is 1.06 bits per heavy atom. The molecule has 0 aliphatic carbocycles. The lowest BCUT2D eigenvalue weighted by Crippen LogP contribution is -2.33. The molecule has 0 saturated heterocycles. The van der Waals surface area contributed by atoms with Gasteiger partial charge in [-0.15, -0.1) is 0 Å². The van der Waals surface area contributed by atoms with Crippen LogP contribution in [0.4, 0.5) is 0 Å². The summed E-state index contributed by atoms with van der Waals surface area (Å²) in [5.74, 6) is 1.18. The molecule has 2 rings (SSSR count). The Labute approximate surface area is 182 Å². The van der Waals surface area contributed by atoms with E-state index in [1.54, 1.807) is 30.3 Å². The van der Waals surface area contributed by atoms with Gasteiger partial charge < -0.3 is 24.6 Å². The van der Waals surface area contributed by atoms with Crippen molar-refractivity contribution in [1.29, 1.82) is 0 Å². The van der Waals surface area contributed by atoms with Gasteiger partial charge in [-0.3, -0.25) is 4.79 Å². The third kappa shape index (κ3) is 7.12. The van der Waals surface area contributed by atoms with Gasteiger partial charge in [0.05, 0.1) is 31.8 Å². The zero-order valence-corrected chi connectivity index (χ0v) is 18.6. The molecule has 1 atom stereocenters. The van der Waals surface area contributed by atoms with Crippen molar-refractivity contribution in [2.75, 3.05) is 33.9 Å². The fraction of sp³-hybridized carbons (Fsp3) is 0.381. The number of aliphatic hydroxyl groups excluding tert-OH is 1. The molecule has 0 heterocycles. The summed E-state index contributed by atoms with van der Waals surface area (Å²) in [5.41, 5.74) is 0.471. The first-order valence-electron chi connectivity index (χ1n) is 9.70. The van der Waals surface area contributed by atoms with E-state index in [4.69, 9.17) is 14.2 Å². The zero-order valence-electron chi connectivity index (χ0n) is 17.8. The fourth-order valence-corrected chi connectivity index (χ4v) is 3.80. The minimum Gasteiger partial charge on any atom is -0.497 e. The van der Waals surface area contributed by atoms with Gasteiger partial charge in [-0.2, -0.15) is 0 Å². The average Bonchev–Trinajstić information content (AvgIpc) is 2.77. The Morgan fingerprint density at radius 3 is 2.35 bits per heavy atom. The maximum absolute atomic E-state index is 12.3. The molecule has 0 spiro atoms. The van der Waals surface area contributed by atoms with Crippen LogP contribution in [0.2, 0.25) is 0 Å². The molecule has 0 aliphatic rings. The molecular weight excluding hydrogens is 424 g/mol. The van der Waals surface area contributed by atoms with E-state index in [0.717, 1.165) is 0 Å². The second kappa shape index (κ2) is 11.5. The van der Waals surface area contributed by atoms with Gasteiger partial charge in [-0.1, -0.05) is 0 Å². The normalized spacial score (nSPS) is 12.1. The van der Waals surface area contributed by atoms with Crippen molar-refractivity contribution in [3.8, 4) is 17.2 Å². The molecule has 0 bridgehead atoms. The molecule has 0 aliphatic heterocycles. The summed E-state index contributed by atoms with van der Waals surface area (Å²) < 4.78 is 42.7. The number of ether oxygens (including phenoxy) is 3. The lowest BCUT2D eigenvalue weighted by atomic mass is 10.1. The third-order valence-corrected chi connectivity index (χ3v) is 5.85. The number of aliphatic hydroxyl groups is 1. The quantitative estimate of drug-likeness (QED) is 0.447. The number of benzene rings is 2.